The number of anilines is 1. The number of hydrogen-bond donors (Lipinski definition) is 2. The molecule has 0 aliphatic carbocycles. The summed E-state index contributed by atoms with van der Waals surface area (Å²) >= 11 is 6.56. The first-order valence-electron chi connectivity index (χ1n) is 11.7. The summed E-state index contributed by atoms with van der Waals surface area (Å²) in [5.41, 5.74) is 1.17. The van der Waals surface area contributed by atoms with Gasteiger partial charge in [0.05, 0.1) is 22.9 Å². The summed E-state index contributed by atoms with van der Waals surface area (Å²) in [6.07, 6.45) is 1.35. The highest BCUT2D eigenvalue weighted by Gasteiger charge is 2.17. The SMILES string of the molecule is CCOc1cc(/C=C(\C#N)C(=O)Nc2ccccc2C(=O)O)cc(Cl)c1OCc1cccc2ccccc12. The fourth-order valence-electron chi connectivity index (χ4n) is 3.93. The molecule has 190 valence electrons. The van der Waals surface area contributed by atoms with Gasteiger partial charge in [-0.15, -0.1) is 0 Å². The van der Waals surface area contributed by atoms with Gasteiger partial charge in [-0.05, 0) is 59.2 Å². The van der Waals surface area contributed by atoms with Crippen LogP contribution in [0.1, 0.15) is 28.4 Å². The second-order valence-corrected chi connectivity index (χ2v) is 8.57. The maximum Gasteiger partial charge on any atom is 0.337 e. The molecule has 0 aliphatic heterocycles. The molecule has 38 heavy (non-hydrogen) atoms. The Bertz CT molecular complexity index is 1580. The number of nitrogens with one attached hydrogen (secondary N) is 1. The number of aromatic carboxylic acids is 1. The Balaban J connectivity index is 1.60. The zero-order valence-corrected chi connectivity index (χ0v) is 21.2. The lowest BCUT2D eigenvalue weighted by atomic mass is 10.1. The van der Waals surface area contributed by atoms with Crippen LogP contribution in [-0.4, -0.2) is 23.6 Å². The monoisotopic (exact) mass is 526 g/mol. The Kier molecular flexibility index (Phi) is 8.27. The van der Waals surface area contributed by atoms with E-state index in [0.29, 0.717) is 23.7 Å². The van der Waals surface area contributed by atoms with E-state index in [1.165, 1.54) is 18.2 Å². The molecule has 0 atom stereocenters. The number of ether oxygens (including phenoxy) is 2. The Hall–Kier alpha value is -4.80. The first kappa shape index (κ1) is 26.3. The molecule has 8 heteroatoms. The second kappa shape index (κ2) is 12.0. The number of hydrogen-bond acceptors (Lipinski definition) is 5. The number of fused-ring (bicyclic) bond motifs is 1. The van der Waals surface area contributed by atoms with E-state index in [2.05, 4.69) is 5.32 Å². The van der Waals surface area contributed by atoms with Crippen molar-refractivity contribution in [2.24, 2.45) is 0 Å². The molecular formula is C30H23ClN2O5. The molecule has 4 aromatic rings. The van der Waals surface area contributed by atoms with E-state index in [1.807, 2.05) is 55.5 Å². The van der Waals surface area contributed by atoms with Gasteiger partial charge in [-0.2, -0.15) is 5.26 Å². The lowest BCUT2D eigenvalue weighted by Gasteiger charge is -2.15. The molecule has 4 rings (SSSR count). The maximum absolute atomic E-state index is 12.8. The summed E-state index contributed by atoms with van der Waals surface area (Å²) in [7, 11) is 0. The van der Waals surface area contributed by atoms with Gasteiger partial charge in [0.2, 0.25) is 0 Å². The van der Waals surface area contributed by atoms with E-state index in [0.717, 1.165) is 16.3 Å². The highest BCUT2D eigenvalue weighted by Crippen LogP contribution is 2.38. The Morgan fingerprint density at radius 1 is 1.03 bits per heavy atom. The molecule has 0 saturated heterocycles. The highest BCUT2D eigenvalue weighted by molar-refractivity contribution is 6.32. The van der Waals surface area contributed by atoms with Crippen LogP contribution in [0.2, 0.25) is 5.02 Å². The second-order valence-electron chi connectivity index (χ2n) is 8.16. The van der Waals surface area contributed by atoms with Crippen LogP contribution in [0.3, 0.4) is 0 Å². The molecule has 0 unspecified atom stereocenters. The fraction of sp³-hybridized carbons (Fsp3) is 0.100. The number of benzene rings is 4. The van der Waals surface area contributed by atoms with Crippen LogP contribution in [0.25, 0.3) is 16.8 Å². The lowest BCUT2D eigenvalue weighted by molar-refractivity contribution is -0.112. The Morgan fingerprint density at radius 2 is 1.76 bits per heavy atom. The summed E-state index contributed by atoms with van der Waals surface area (Å²) in [6.45, 7) is 2.41. The highest BCUT2D eigenvalue weighted by atomic mass is 35.5. The minimum Gasteiger partial charge on any atom is -0.490 e. The van der Waals surface area contributed by atoms with Crippen molar-refractivity contribution in [2.45, 2.75) is 13.5 Å². The quantitative estimate of drug-likeness (QED) is 0.185. The third kappa shape index (κ3) is 5.94. The number of carboxylic acids is 1. The van der Waals surface area contributed by atoms with Gasteiger partial charge >= 0.3 is 5.97 Å². The van der Waals surface area contributed by atoms with Crippen molar-refractivity contribution in [3.05, 3.63) is 106 Å². The van der Waals surface area contributed by atoms with Gasteiger partial charge in [0.25, 0.3) is 5.91 Å². The van der Waals surface area contributed by atoms with Gasteiger partial charge in [0.15, 0.2) is 11.5 Å². The third-order valence-corrected chi connectivity index (χ3v) is 5.95. The van der Waals surface area contributed by atoms with Crippen LogP contribution in [-0.2, 0) is 11.4 Å². The molecule has 0 aromatic heterocycles. The van der Waals surface area contributed by atoms with Gasteiger partial charge < -0.3 is 19.9 Å². The van der Waals surface area contributed by atoms with Gasteiger partial charge in [-0.25, -0.2) is 4.79 Å². The van der Waals surface area contributed by atoms with E-state index < -0.39 is 11.9 Å². The Morgan fingerprint density at radius 3 is 2.53 bits per heavy atom. The predicted molar refractivity (Wildman–Crippen MR) is 147 cm³/mol. The first-order valence-corrected chi connectivity index (χ1v) is 12.1. The number of nitrogens with zero attached hydrogens (tertiary/aromatic N) is 1. The number of carbonyl (C=O) groups excluding carboxylic acids is 1. The van der Waals surface area contributed by atoms with Crippen LogP contribution in [0.5, 0.6) is 11.5 Å². The Labute approximate surface area is 224 Å². The van der Waals surface area contributed by atoms with E-state index in [9.17, 15) is 20.0 Å². The molecular weight excluding hydrogens is 504 g/mol. The molecule has 0 heterocycles. The van der Waals surface area contributed by atoms with E-state index >= 15 is 0 Å². The lowest BCUT2D eigenvalue weighted by Crippen LogP contribution is -2.16. The van der Waals surface area contributed by atoms with Crippen LogP contribution >= 0.6 is 11.6 Å². The van der Waals surface area contributed by atoms with E-state index in [-0.39, 0.29) is 28.5 Å². The standard InChI is InChI=1S/C30H23ClN2O5/c1-2-37-27-16-19(14-22(17-32)29(34)33-26-13-6-5-12-24(26)30(35)36)15-25(31)28(27)38-18-21-10-7-9-20-8-3-4-11-23(20)21/h3-16H,2,18H2,1H3,(H,33,34)(H,35,36)/b22-14+. The van der Waals surface area contributed by atoms with Crippen molar-refractivity contribution in [2.75, 3.05) is 11.9 Å². The zero-order chi connectivity index (χ0) is 27.1. The predicted octanol–water partition coefficient (Wildman–Crippen LogP) is 6.71. The summed E-state index contributed by atoms with van der Waals surface area (Å²) in [6, 6.07) is 25.0. The van der Waals surface area contributed by atoms with Crippen LogP contribution < -0.4 is 14.8 Å². The largest absolute Gasteiger partial charge is 0.490 e. The van der Waals surface area contributed by atoms with Gasteiger partial charge in [0.1, 0.15) is 18.2 Å². The number of carbonyl (C=O) groups is 2. The number of halogens is 1. The molecule has 2 N–H and O–H groups in total. The third-order valence-electron chi connectivity index (χ3n) is 5.67. The molecule has 1 amide bonds. The van der Waals surface area contributed by atoms with E-state index in [1.54, 1.807) is 24.3 Å². The summed E-state index contributed by atoms with van der Waals surface area (Å²) in [4.78, 5) is 24.2. The van der Waals surface area contributed by atoms with E-state index in [4.69, 9.17) is 21.1 Å². The number of para-hydroxylation sites is 1. The van der Waals surface area contributed by atoms with Crippen LogP contribution in [0.15, 0.2) is 84.4 Å². The first-order chi connectivity index (χ1) is 18.4. The number of amides is 1. The molecule has 0 saturated carbocycles. The van der Waals surface area contributed by atoms with Crippen molar-refractivity contribution in [3.8, 4) is 17.6 Å². The molecule has 0 fully saturated rings. The van der Waals surface area contributed by atoms with Crippen molar-refractivity contribution < 1.29 is 24.2 Å². The molecule has 0 aliphatic rings. The number of carboxylic acid groups (broad SMARTS) is 1. The maximum atomic E-state index is 12.8. The van der Waals surface area contributed by atoms with Crippen LogP contribution in [0.4, 0.5) is 5.69 Å². The summed E-state index contributed by atoms with van der Waals surface area (Å²) in [5, 5.41) is 23.9. The van der Waals surface area contributed by atoms with Crippen molar-refractivity contribution in [1.82, 2.24) is 0 Å². The smallest absolute Gasteiger partial charge is 0.337 e. The van der Waals surface area contributed by atoms with Gasteiger partial charge in [-0.1, -0.05) is 66.2 Å². The van der Waals surface area contributed by atoms with Gasteiger partial charge in [-0.3, -0.25) is 4.79 Å². The summed E-state index contributed by atoms with van der Waals surface area (Å²) < 4.78 is 11.8. The summed E-state index contributed by atoms with van der Waals surface area (Å²) in [5.74, 6) is -1.25. The number of rotatable bonds is 9. The minimum absolute atomic E-state index is 0.0800. The molecule has 0 bridgehead atoms. The topological polar surface area (TPSA) is 109 Å². The zero-order valence-electron chi connectivity index (χ0n) is 20.4. The van der Waals surface area contributed by atoms with Gasteiger partial charge in [0, 0.05) is 0 Å². The van der Waals surface area contributed by atoms with Crippen molar-refractivity contribution >= 4 is 46.0 Å². The molecule has 0 radical (unpaired) electrons. The average Bonchev–Trinajstić information content (AvgIpc) is 2.91. The molecule has 4 aromatic carbocycles. The average molecular weight is 527 g/mol. The van der Waals surface area contributed by atoms with Crippen molar-refractivity contribution in [1.29, 1.82) is 5.26 Å². The normalized spacial score (nSPS) is 11.0. The fourth-order valence-corrected chi connectivity index (χ4v) is 4.20. The molecule has 0 spiro atoms. The minimum atomic E-state index is -1.20. The molecule has 7 nitrogen and oxygen atoms in total. The number of nitriles is 1. The van der Waals surface area contributed by atoms with Crippen LogP contribution in [0, 0.1) is 11.3 Å². The van der Waals surface area contributed by atoms with Crippen molar-refractivity contribution in [3.63, 3.8) is 0 Å².